The smallest absolute Gasteiger partial charge is 0.306 e. The lowest BCUT2D eigenvalue weighted by Gasteiger charge is -2.08. The summed E-state index contributed by atoms with van der Waals surface area (Å²) in [5, 5.41) is 3.23. The maximum atomic E-state index is 12.5. The van der Waals surface area contributed by atoms with Gasteiger partial charge in [-0.2, -0.15) is 8.75 Å². The molecule has 31 heavy (non-hydrogen) atoms. The minimum absolute atomic E-state index is 0.0323. The summed E-state index contributed by atoms with van der Waals surface area (Å²) in [6, 6.07) is 11.7. The molecule has 3 rings (SSSR count). The molecule has 0 aliphatic heterocycles. The summed E-state index contributed by atoms with van der Waals surface area (Å²) in [5.41, 5.74) is 1.68. The molecule has 0 unspecified atom stereocenters. The largest absolute Gasteiger partial charge is 0.456 e. The molecule has 0 spiro atoms. The average Bonchev–Trinajstić information content (AvgIpc) is 3.23. The molecule has 0 aliphatic rings. The highest BCUT2D eigenvalue weighted by molar-refractivity contribution is 7.89. The number of esters is 1. The van der Waals surface area contributed by atoms with E-state index in [0.29, 0.717) is 16.1 Å². The van der Waals surface area contributed by atoms with Crippen molar-refractivity contribution in [3.05, 3.63) is 53.1 Å². The SMILES string of the molecule is O=C(COC(=O)CCCNS(=O)(=O)c1cccc2nsnc12)NCc1ccc(Cl)cc1. The van der Waals surface area contributed by atoms with Gasteiger partial charge in [-0.3, -0.25) is 9.59 Å². The van der Waals surface area contributed by atoms with Crippen LogP contribution in [-0.2, 0) is 30.9 Å². The molecular weight excluding hydrogens is 464 g/mol. The van der Waals surface area contributed by atoms with Crippen LogP contribution in [0.1, 0.15) is 18.4 Å². The topological polar surface area (TPSA) is 127 Å². The lowest BCUT2D eigenvalue weighted by atomic mass is 10.2. The summed E-state index contributed by atoms with van der Waals surface area (Å²) < 4.78 is 40.3. The van der Waals surface area contributed by atoms with Gasteiger partial charge in [0.1, 0.15) is 15.9 Å². The number of nitrogens with zero attached hydrogens (tertiary/aromatic N) is 2. The number of halogens is 1. The van der Waals surface area contributed by atoms with Gasteiger partial charge in [0.15, 0.2) is 6.61 Å². The zero-order valence-electron chi connectivity index (χ0n) is 16.2. The molecule has 0 bridgehead atoms. The number of carbonyl (C=O) groups excluding carboxylic acids is 2. The van der Waals surface area contributed by atoms with Crippen LogP contribution in [0.15, 0.2) is 47.4 Å². The van der Waals surface area contributed by atoms with Gasteiger partial charge in [-0.25, -0.2) is 13.1 Å². The second kappa shape index (κ2) is 10.6. The molecule has 1 amide bonds. The number of nitrogens with one attached hydrogen (secondary N) is 2. The van der Waals surface area contributed by atoms with Crippen LogP contribution >= 0.6 is 23.3 Å². The van der Waals surface area contributed by atoms with Gasteiger partial charge >= 0.3 is 5.97 Å². The number of carbonyl (C=O) groups is 2. The minimum Gasteiger partial charge on any atom is -0.456 e. The number of amides is 1. The van der Waals surface area contributed by atoms with E-state index in [4.69, 9.17) is 16.3 Å². The van der Waals surface area contributed by atoms with Crippen molar-refractivity contribution in [2.75, 3.05) is 13.2 Å². The minimum atomic E-state index is -3.79. The molecule has 0 fully saturated rings. The van der Waals surface area contributed by atoms with E-state index >= 15 is 0 Å². The van der Waals surface area contributed by atoms with Gasteiger partial charge in [0.05, 0.1) is 11.7 Å². The summed E-state index contributed by atoms with van der Waals surface area (Å²) in [5.74, 6) is -1.03. The molecule has 1 heterocycles. The van der Waals surface area contributed by atoms with E-state index in [1.165, 1.54) is 6.07 Å². The maximum Gasteiger partial charge on any atom is 0.306 e. The summed E-state index contributed by atoms with van der Waals surface area (Å²) in [6.45, 7) is -0.0816. The van der Waals surface area contributed by atoms with Gasteiger partial charge in [0.2, 0.25) is 10.0 Å². The van der Waals surface area contributed by atoms with Gasteiger partial charge in [-0.15, -0.1) is 0 Å². The Kier molecular flexibility index (Phi) is 7.91. The molecule has 164 valence electrons. The van der Waals surface area contributed by atoms with E-state index in [1.807, 2.05) is 0 Å². The fraction of sp³-hybridized carbons (Fsp3) is 0.263. The molecule has 0 aliphatic carbocycles. The monoisotopic (exact) mass is 482 g/mol. The molecule has 0 radical (unpaired) electrons. The zero-order chi connectivity index (χ0) is 22.3. The fourth-order valence-electron chi connectivity index (χ4n) is 2.59. The van der Waals surface area contributed by atoms with Crippen LogP contribution in [0.25, 0.3) is 11.0 Å². The summed E-state index contributed by atoms with van der Waals surface area (Å²) >= 11 is 6.73. The lowest BCUT2D eigenvalue weighted by Crippen LogP contribution is -2.29. The number of aromatic nitrogens is 2. The van der Waals surface area contributed by atoms with Crippen molar-refractivity contribution in [3.63, 3.8) is 0 Å². The molecular formula is C19H19ClN4O5S2. The number of benzene rings is 2. The van der Waals surface area contributed by atoms with Crippen LogP contribution in [0.5, 0.6) is 0 Å². The van der Waals surface area contributed by atoms with Gasteiger partial charge in [-0.1, -0.05) is 29.8 Å². The van der Waals surface area contributed by atoms with Crippen molar-refractivity contribution in [1.29, 1.82) is 0 Å². The Bertz CT molecular complexity index is 1170. The second-order valence-corrected chi connectivity index (χ2v) is 9.15. The lowest BCUT2D eigenvalue weighted by molar-refractivity contribution is -0.148. The average molecular weight is 483 g/mol. The number of sulfonamides is 1. The fourth-order valence-corrected chi connectivity index (χ4v) is 4.55. The van der Waals surface area contributed by atoms with E-state index in [9.17, 15) is 18.0 Å². The normalized spacial score (nSPS) is 11.4. The van der Waals surface area contributed by atoms with Crippen LogP contribution in [0.4, 0.5) is 0 Å². The standard InChI is InChI=1S/C19H19ClN4O5S2/c20-14-8-6-13(7-9-14)11-21-17(25)12-29-18(26)5-2-10-22-31(27,28)16-4-1-3-15-19(16)24-30-23-15/h1,3-4,6-9,22H,2,5,10-12H2,(H,21,25). The summed E-state index contributed by atoms with van der Waals surface area (Å²) in [4.78, 5) is 23.6. The molecule has 2 aromatic carbocycles. The van der Waals surface area contributed by atoms with E-state index in [-0.39, 0.29) is 30.8 Å². The second-order valence-electron chi connectivity index (χ2n) is 6.45. The number of ether oxygens (including phenoxy) is 1. The Morgan fingerprint density at radius 3 is 2.65 bits per heavy atom. The molecule has 0 saturated heterocycles. The quantitative estimate of drug-likeness (QED) is 0.335. The van der Waals surface area contributed by atoms with Crippen molar-refractivity contribution >= 4 is 56.3 Å². The van der Waals surface area contributed by atoms with Gasteiger partial charge < -0.3 is 10.1 Å². The molecule has 2 N–H and O–H groups in total. The highest BCUT2D eigenvalue weighted by Crippen LogP contribution is 2.20. The van der Waals surface area contributed by atoms with Gasteiger partial charge in [0.25, 0.3) is 5.91 Å². The maximum absolute atomic E-state index is 12.5. The van der Waals surface area contributed by atoms with Crippen LogP contribution in [0.3, 0.4) is 0 Å². The molecule has 9 nitrogen and oxygen atoms in total. The third-order valence-corrected chi connectivity index (χ3v) is 6.44. The number of hydrogen-bond donors (Lipinski definition) is 2. The zero-order valence-corrected chi connectivity index (χ0v) is 18.6. The third-order valence-electron chi connectivity index (χ3n) is 4.16. The Labute approximate surface area is 188 Å². The molecule has 12 heteroatoms. The molecule has 3 aromatic rings. The Balaban J connectivity index is 1.36. The van der Waals surface area contributed by atoms with Crippen LogP contribution in [0.2, 0.25) is 5.02 Å². The first-order valence-electron chi connectivity index (χ1n) is 9.23. The Morgan fingerprint density at radius 1 is 1.10 bits per heavy atom. The van der Waals surface area contributed by atoms with Crippen molar-refractivity contribution in [2.24, 2.45) is 0 Å². The summed E-state index contributed by atoms with van der Waals surface area (Å²) in [7, 11) is -3.79. The molecule has 0 atom stereocenters. The number of rotatable bonds is 10. The van der Waals surface area contributed by atoms with Gasteiger partial charge in [0, 0.05) is 24.5 Å². The predicted molar refractivity (Wildman–Crippen MR) is 116 cm³/mol. The first-order chi connectivity index (χ1) is 14.8. The molecule has 0 saturated carbocycles. The number of hydrogen-bond acceptors (Lipinski definition) is 8. The van der Waals surface area contributed by atoms with Crippen molar-refractivity contribution < 1.29 is 22.7 Å². The highest BCUT2D eigenvalue weighted by Gasteiger charge is 2.19. The van der Waals surface area contributed by atoms with Crippen LogP contribution in [-0.4, -0.2) is 42.2 Å². The Hall–Kier alpha value is -2.60. The van der Waals surface area contributed by atoms with Crippen molar-refractivity contribution in [2.45, 2.75) is 24.3 Å². The summed E-state index contributed by atoms with van der Waals surface area (Å²) in [6.07, 6.45) is 0.186. The predicted octanol–water partition coefficient (Wildman–Crippen LogP) is 2.26. The van der Waals surface area contributed by atoms with Gasteiger partial charge in [-0.05, 0) is 36.2 Å². The first kappa shape index (κ1) is 23.1. The van der Waals surface area contributed by atoms with E-state index in [1.54, 1.807) is 36.4 Å². The van der Waals surface area contributed by atoms with Crippen LogP contribution < -0.4 is 10.0 Å². The Morgan fingerprint density at radius 2 is 1.87 bits per heavy atom. The third kappa shape index (κ3) is 6.69. The van der Waals surface area contributed by atoms with Crippen LogP contribution in [0, 0.1) is 0 Å². The van der Waals surface area contributed by atoms with E-state index < -0.39 is 28.5 Å². The van der Waals surface area contributed by atoms with Crippen molar-refractivity contribution in [1.82, 2.24) is 18.8 Å². The first-order valence-corrected chi connectivity index (χ1v) is 11.8. The van der Waals surface area contributed by atoms with Crippen molar-refractivity contribution in [3.8, 4) is 0 Å². The highest BCUT2D eigenvalue weighted by atomic mass is 35.5. The van der Waals surface area contributed by atoms with E-state index in [0.717, 1.165) is 17.3 Å². The molecule has 1 aromatic heterocycles. The van der Waals surface area contributed by atoms with E-state index in [2.05, 4.69) is 18.8 Å². The number of fused-ring (bicyclic) bond motifs is 1.